The number of nitrogens with one attached hydrogen (secondary N) is 1. The first-order valence-electron chi connectivity index (χ1n) is 7.89. The Morgan fingerprint density at radius 1 is 1.43 bits per heavy atom. The summed E-state index contributed by atoms with van der Waals surface area (Å²) in [6, 6.07) is 0. The number of nitrogens with zero attached hydrogens (tertiary/aromatic N) is 2. The molecule has 21 heavy (non-hydrogen) atoms. The first-order valence-corrected chi connectivity index (χ1v) is 10.8. The summed E-state index contributed by atoms with van der Waals surface area (Å²) in [6.07, 6.45) is 1.94. The van der Waals surface area contributed by atoms with Crippen LogP contribution in [0.25, 0.3) is 0 Å². The molecule has 7 heteroatoms. The number of rotatable bonds is 4. The number of thioether (sulfide) groups is 1. The van der Waals surface area contributed by atoms with Crippen LogP contribution in [-0.4, -0.2) is 68.0 Å². The fourth-order valence-corrected chi connectivity index (χ4v) is 5.85. The van der Waals surface area contributed by atoms with Crippen molar-refractivity contribution in [3.05, 3.63) is 0 Å². The molecule has 2 aliphatic rings. The van der Waals surface area contributed by atoms with E-state index in [1.165, 1.54) is 6.42 Å². The van der Waals surface area contributed by atoms with E-state index in [-0.39, 0.29) is 5.92 Å². The highest BCUT2D eigenvalue weighted by molar-refractivity contribution is 8.00. The van der Waals surface area contributed by atoms with Crippen molar-refractivity contribution in [3.63, 3.8) is 0 Å². The summed E-state index contributed by atoms with van der Waals surface area (Å²) >= 11 is 2.04. The summed E-state index contributed by atoms with van der Waals surface area (Å²) in [6.45, 7) is 7.84. The lowest BCUT2D eigenvalue weighted by Gasteiger charge is -2.34. The van der Waals surface area contributed by atoms with Gasteiger partial charge in [-0.3, -0.25) is 4.99 Å². The smallest absolute Gasteiger partial charge is 0.193 e. The van der Waals surface area contributed by atoms with Crippen LogP contribution in [-0.2, 0) is 9.84 Å². The summed E-state index contributed by atoms with van der Waals surface area (Å²) in [4.78, 5) is 7.04. The van der Waals surface area contributed by atoms with Gasteiger partial charge in [0.2, 0.25) is 0 Å². The molecule has 0 spiro atoms. The van der Waals surface area contributed by atoms with Gasteiger partial charge in [0.25, 0.3) is 0 Å². The summed E-state index contributed by atoms with van der Waals surface area (Å²) in [5, 5.41) is 4.03. The van der Waals surface area contributed by atoms with Crippen LogP contribution in [0.4, 0.5) is 0 Å². The van der Waals surface area contributed by atoms with Crippen LogP contribution in [0.3, 0.4) is 0 Å². The van der Waals surface area contributed by atoms with Gasteiger partial charge >= 0.3 is 0 Å². The molecule has 2 aliphatic heterocycles. The Kier molecular flexibility index (Phi) is 6.22. The van der Waals surface area contributed by atoms with Crippen molar-refractivity contribution in [3.8, 4) is 0 Å². The molecule has 122 valence electrons. The van der Waals surface area contributed by atoms with Crippen molar-refractivity contribution in [2.75, 3.05) is 43.4 Å². The Balaban J connectivity index is 1.95. The minimum absolute atomic E-state index is 0.199. The van der Waals surface area contributed by atoms with Gasteiger partial charge in [0.15, 0.2) is 15.8 Å². The highest BCUT2D eigenvalue weighted by Crippen LogP contribution is 2.22. The zero-order valence-electron chi connectivity index (χ0n) is 13.0. The zero-order chi connectivity index (χ0) is 15.3. The molecule has 0 aromatic rings. The summed E-state index contributed by atoms with van der Waals surface area (Å²) in [7, 11) is -2.80. The van der Waals surface area contributed by atoms with Crippen molar-refractivity contribution in [1.82, 2.24) is 10.2 Å². The molecule has 2 atom stereocenters. The summed E-state index contributed by atoms with van der Waals surface area (Å²) in [5.41, 5.74) is 0. The van der Waals surface area contributed by atoms with Crippen molar-refractivity contribution >= 4 is 27.6 Å². The summed E-state index contributed by atoms with van der Waals surface area (Å²) < 4.78 is 23.0. The second-order valence-corrected chi connectivity index (χ2v) is 9.45. The third-order valence-corrected chi connectivity index (χ3v) is 7.26. The maximum absolute atomic E-state index is 11.5. The number of guanidine groups is 1. The van der Waals surface area contributed by atoms with Gasteiger partial charge in [-0.2, -0.15) is 11.8 Å². The standard InChI is InChI=1S/C14H27N3O2S2/c1-3-13-10-17(6-7-20-13)14(15-4-2)16-9-12-5-8-21(18,19)11-12/h12-13H,3-11H2,1-2H3,(H,15,16). The van der Waals surface area contributed by atoms with E-state index in [4.69, 9.17) is 4.99 Å². The molecule has 0 amide bonds. The molecule has 0 aromatic heterocycles. The van der Waals surface area contributed by atoms with E-state index in [1.54, 1.807) is 0 Å². The van der Waals surface area contributed by atoms with Crippen LogP contribution in [0.5, 0.6) is 0 Å². The molecule has 0 aliphatic carbocycles. The van der Waals surface area contributed by atoms with Gasteiger partial charge in [-0.15, -0.1) is 0 Å². The predicted octanol–water partition coefficient (Wildman–Crippen LogP) is 1.21. The highest BCUT2D eigenvalue weighted by atomic mass is 32.2. The van der Waals surface area contributed by atoms with Crippen LogP contribution >= 0.6 is 11.8 Å². The lowest BCUT2D eigenvalue weighted by molar-refractivity contribution is 0.406. The lowest BCUT2D eigenvalue weighted by Crippen LogP contribution is -2.48. The molecule has 0 saturated carbocycles. The molecule has 0 aromatic carbocycles. The molecule has 2 rings (SSSR count). The fraction of sp³-hybridized carbons (Fsp3) is 0.929. The number of sulfone groups is 1. The van der Waals surface area contributed by atoms with Gasteiger partial charge in [0.1, 0.15) is 0 Å². The second kappa shape index (κ2) is 7.72. The van der Waals surface area contributed by atoms with Crippen LogP contribution in [0, 0.1) is 5.92 Å². The van der Waals surface area contributed by atoms with Crippen molar-refractivity contribution in [2.24, 2.45) is 10.9 Å². The van der Waals surface area contributed by atoms with Crippen LogP contribution in [0.15, 0.2) is 4.99 Å². The van der Waals surface area contributed by atoms with E-state index in [0.717, 1.165) is 37.8 Å². The molecular formula is C14H27N3O2S2. The Hall–Kier alpha value is -0.430. The topological polar surface area (TPSA) is 61.8 Å². The largest absolute Gasteiger partial charge is 0.357 e. The monoisotopic (exact) mass is 333 g/mol. The number of hydrogen-bond acceptors (Lipinski definition) is 4. The third-order valence-electron chi connectivity index (χ3n) is 4.05. The number of aliphatic imine (C=N–C) groups is 1. The molecule has 0 radical (unpaired) electrons. The predicted molar refractivity (Wildman–Crippen MR) is 90.8 cm³/mol. The number of hydrogen-bond donors (Lipinski definition) is 1. The average molecular weight is 334 g/mol. The Labute approximate surface area is 132 Å². The van der Waals surface area contributed by atoms with Gasteiger partial charge in [0.05, 0.1) is 11.5 Å². The molecule has 2 fully saturated rings. The third kappa shape index (κ3) is 5.06. The van der Waals surface area contributed by atoms with Gasteiger partial charge in [0, 0.05) is 37.2 Å². The molecule has 1 N–H and O–H groups in total. The quantitative estimate of drug-likeness (QED) is 0.619. The maximum atomic E-state index is 11.5. The van der Waals surface area contributed by atoms with Crippen molar-refractivity contribution in [1.29, 1.82) is 0 Å². The normalized spacial score (nSPS) is 29.6. The molecule has 2 unspecified atom stereocenters. The van der Waals surface area contributed by atoms with E-state index in [0.29, 0.717) is 23.3 Å². The first kappa shape index (κ1) is 16.9. The zero-order valence-corrected chi connectivity index (χ0v) is 14.7. The Morgan fingerprint density at radius 2 is 2.24 bits per heavy atom. The Morgan fingerprint density at radius 3 is 2.86 bits per heavy atom. The molecule has 0 bridgehead atoms. The van der Waals surface area contributed by atoms with E-state index in [2.05, 4.69) is 24.1 Å². The lowest BCUT2D eigenvalue weighted by atomic mass is 10.1. The molecule has 2 heterocycles. The fourth-order valence-electron chi connectivity index (χ4n) is 2.82. The maximum Gasteiger partial charge on any atom is 0.193 e. The Bertz CT molecular complexity index is 465. The SMILES string of the molecule is CCNC(=NCC1CCS(=O)(=O)C1)N1CCSC(CC)C1. The highest BCUT2D eigenvalue weighted by Gasteiger charge is 2.28. The van der Waals surface area contributed by atoms with Crippen molar-refractivity contribution < 1.29 is 8.42 Å². The molecular weight excluding hydrogens is 306 g/mol. The second-order valence-electron chi connectivity index (χ2n) is 5.81. The average Bonchev–Trinajstić information content (AvgIpc) is 2.83. The molecule has 2 saturated heterocycles. The minimum Gasteiger partial charge on any atom is -0.357 e. The van der Waals surface area contributed by atoms with Crippen LogP contribution in [0.2, 0.25) is 0 Å². The van der Waals surface area contributed by atoms with Crippen LogP contribution in [0.1, 0.15) is 26.7 Å². The van der Waals surface area contributed by atoms with E-state index in [1.807, 2.05) is 11.8 Å². The minimum atomic E-state index is -2.80. The van der Waals surface area contributed by atoms with Gasteiger partial charge in [-0.25, -0.2) is 8.42 Å². The van der Waals surface area contributed by atoms with Gasteiger partial charge in [-0.1, -0.05) is 6.92 Å². The van der Waals surface area contributed by atoms with E-state index >= 15 is 0 Å². The van der Waals surface area contributed by atoms with Gasteiger partial charge < -0.3 is 10.2 Å². The first-order chi connectivity index (χ1) is 10.0. The van der Waals surface area contributed by atoms with Gasteiger partial charge in [-0.05, 0) is 25.7 Å². The van der Waals surface area contributed by atoms with Crippen LogP contribution < -0.4 is 5.32 Å². The van der Waals surface area contributed by atoms with E-state index in [9.17, 15) is 8.42 Å². The molecule has 5 nitrogen and oxygen atoms in total. The van der Waals surface area contributed by atoms with E-state index < -0.39 is 9.84 Å². The summed E-state index contributed by atoms with van der Waals surface area (Å²) in [5.74, 6) is 2.94. The van der Waals surface area contributed by atoms with Crippen molar-refractivity contribution in [2.45, 2.75) is 31.9 Å².